The van der Waals surface area contributed by atoms with Crippen LogP contribution in [0.5, 0.6) is 0 Å². The summed E-state index contributed by atoms with van der Waals surface area (Å²) in [4.78, 5) is 12.7. The quantitative estimate of drug-likeness (QED) is 0.730. The first-order valence-electron chi connectivity index (χ1n) is 7.37. The SMILES string of the molecule is COC1O[C@]2(C(=O)C(C)=C2[Si](C)(C)C)C2OC(C)(C)OC12. The molecule has 0 bridgehead atoms. The molecule has 3 unspecified atom stereocenters. The Morgan fingerprint density at radius 2 is 1.76 bits per heavy atom. The molecule has 4 atom stereocenters. The summed E-state index contributed by atoms with van der Waals surface area (Å²) < 4.78 is 23.4. The maximum Gasteiger partial charge on any atom is 0.196 e. The highest BCUT2D eigenvalue weighted by Gasteiger charge is 2.73. The van der Waals surface area contributed by atoms with Crippen LogP contribution < -0.4 is 0 Å². The van der Waals surface area contributed by atoms with Gasteiger partial charge in [-0.1, -0.05) is 19.6 Å². The van der Waals surface area contributed by atoms with Gasteiger partial charge in [-0.05, 0) is 31.5 Å². The topological polar surface area (TPSA) is 54.0 Å². The summed E-state index contributed by atoms with van der Waals surface area (Å²) >= 11 is 0. The average Bonchev–Trinajstić information content (AvgIpc) is 2.81. The number of methoxy groups -OCH3 is 1. The zero-order valence-corrected chi connectivity index (χ0v) is 14.8. The van der Waals surface area contributed by atoms with Crippen LogP contribution in [0.15, 0.2) is 10.8 Å². The molecule has 0 amide bonds. The largest absolute Gasteiger partial charge is 0.353 e. The van der Waals surface area contributed by atoms with E-state index in [1.807, 2.05) is 20.8 Å². The van der Waals surface area contributed by atoms with Gasteiger partial charge in [-0.15, -0.1) is 0 Å². The number of hydrogen-bond acceptors (Lipinski definition) is 5. The van der Waals surface area contributed by atoms with Crippen LogP contribution in [0, 0.1) is 0 Å². The Labute approximate surface area is 126 Å². The van der Waals surface area contributed by atoms with Crippen LogP contribution in [0.4, 0.5) is 0 Å². The smallest absolute Gasteiger partial charge is 0.196 e. The van der Waals surface area contributed by atoms with Gasteiger partial charge in [0.2, 0.25) is 0 Å². The second-order valence-corrected chi connectivity index (χ2v) is 12.6. The van der Waals surface area contributed by atoms with Crippen LogP contribution in [0.2, 0.25) is 19.6 Å². The van der Waals surface area contributed by atoms with Gasteiger partial charge in [0, 0.05) is 7.11 Å². The van der Waals surface area contributed by atoms with Crippen molar-refractivity contribution >= 4 is 13.9 Å². The highest BCUT2D eigenvalue weighted by Crippen LogP contribution is 2.55. The predicted octanol–water partition coefficient (Wildman–Crippen LogP) is 2.02. The molecule has 2 aliphatic heterocycles. The highest BCUT2D eigenvalue weighted by atomic mass is 28.3. The molecule has 5 nitrogen and oxygen atoms in total. The van der Waals surface area contributed by atoms with Gasteiger partial charge in [0.25, 0.3) is 0 Å². The molecule has 2 heterocycles. The lowest BCUT2D eigenvalue weighted by atomic mass is 9.76. The minimum atomic E-state index is -1.72. The molecule has 2 fully saturated rings. The minimum Gasteiger partial charge on any atom is -0.353 e. The Kier molecular flexibility index (Phi) is 3.12. The van der Waals surface area contributed by atoms with Crippen LogP contribution in [-0.2, 0) is 23.7 Å². The molecule has 0 saturated carbocycles. The number of Topliss-reactive ketones (excluding diaryl/α,β-unsaturated/α-hetero) is 1. The summed E-state index contributed by atoms with van der Waals surface area (Å²) in [6.07, 6.45) is -1.36. The van der Waals surface area contributed by atoms with E-state index in [1.165, 1.54) is 0 Å². The van der Waals surface area contributed by atoms with E-state index >= 15 is 0 Å². The normalized spacial score (nSPS) is 41.7. The molecule has 1 aliphatic carbocycles. The van der Waals surface area contributed by atoms with Crippen molar-refractivity contribution < 1.29 is 23.7 Å². The average molecular weight is 312 g/mol. The van der Waals surface area contributed by atoms with Crippen LogP contribution >= 0.6 is 0 Å². The summed E-state index contributed by atoms with van der Waals surface area (Å²) in [6, 6.07) is 0. The Hall–Kier alpha value is -0.533. The maximum absolute atomic E-state index is 12.7. The molecule has 21 heavy (non-hydrogen) atoms. The molecule has 0 aromatic heterocycles. The van der Waals surface area contributed by atoms with Gasteiger partial charge in [0.05, 0.1) is 8.07 Å². The van der Waals surface area contributed by atoms with E-state index in [2.05, 4.69) is 19.6 Å². The molecule has 0 N–H and O–H groups in total. The fourth-order valence-electron chi connectivity index (χ4n) is 4.03. The third-order valence-corrected chi connectivity index (χ3v) is 6.75. The highest BCUT2D eigenvalue weighted by molar-refractivity contribution is 6.85. The standard InChI is InChI=1S/C15H24O5Si/c1-8-10(16)15(12(8)21(5,6)7)11-9(13(17-4)20-15)18-14(2,3)19-11/h9,11,13H,1-7H3/t9?,11?,13?,15-/m1/s1. The Balaban J connectivity index is 2.09. The van der Waals surface area contributed by atoms with E-state index in [-0.39, 0.29) is 11.9 Å². The zero-order valence-electron chi connectivity index (χ0n) is 13.8. The number of carbonyl (C=O) groups is 1. The number of ketones is 1. The maximum atomic E-state index is 12.7. The van der Waals surface area contributed by atoms with E-state index in [0.717, 1.165) is 10.8 Å². The Morgan fingerprint density at radius 1 is 1.14 bits per heavy atom. The van der Waals surface area contributed by atoms with Crippen LogP contribution in [0.3, 0.4) is 0 Å². The molecule has 2 saturated heterocycles. The lowest BCUT2D eigenvalue weighted by Gasteiger charge is -2.47. The Morgan fingerprint density at radius 3 is 2.29 bits per heavy atom. The van der Waals surface area contributed by atoms with Gasteiger partial charge in [-0.2, -0.15) is 0 Å². The summed E-state index contributed by atoms with van der Waals surface area (Å²) in [5.41, 5.74) is -0.161. The van der Waals surface area contributed by atoms with E-state index in [4.69, 9.17) is 18.9 Å². The van der Waals surface area contributed by atoms with E-state index in [9.17, 15) is 4.79 Å². The molecule has 1 spiro atoms. The summed E-state index contributed by atoms with van der Waals surface area (Å²) in [7, 11) is -0.149. The van der Waals surface area contributed by atoms with Crippen molar-refractivity contribution in [3.63, 3.8) is 0 Å². The summed E-state index contributed by atoms with van der Waals surface area (Å²) in [5, 5.41) is 1.14. The third kappa shape index (κ3) is 1.86. The molecule has 3 rings (SSSR count). The monoisotopic (exact) mass is 312 g/mol. The zero-order chi connectivity index (χ0) is 15.8. The van der Waals surface area contributed by atoms with Gasteiger partial charge >= 0.3 is 0 Å². The lowest BCUT2D eigenvalue weighted by Crippen LogP contribution is -2.64. The third-order valence-electron chi connectivity index (χ3n) is 4.51. The molecule has 0 aromatic rings. The van der Waals surface area contributed by atoms with E-state index < -0.39 is 31.9 Å². The van der Waals surface area contributed by atoms with Crippen molar-refractivity contribution in [2.75, 3.05) is 7.11 Å². The van der Waals surface area contributed by atoms with E-state index in [0.29, 0.717) is 0 Å². The fourth-order valence-corrected chi connectivity index (χ4v) is 6.69. The molecule has 0 radical (unpaired) electrons. The van der Waals surface area contributed by atoms with Crippen molar-refractivity contribution in [2.45, 2.75) is 70.3 Å². The molecule has 118 valence electrons. The molecule has 3 aliphatic rings. The summed E-state index contributed by atoms with van der Waals surface area (Å²) in [5.74, 6) is -0.701. The van der Waals surface area contributed by atoms with Crippen LogP contribution in [0.25, 0.3) is 0 Å². The molecule has 0 aromatic carbocycles. The van der Waals surface area contributed by atoms with Crippen LogP contribution in [-0.4, -0.2) is 50.9 Å². The van der Waals surface area contributed by atoms with Crippen LogP contribution in [0.1, 0.15) is 20.8 Å². The first kappa shape index (κ1) is 15.4. The lowest BCUT2D eigenvalue weighted by molar-refractivity contribution is -0.240. The van der Waals surface area contributed by atoms with Crippen molar-refractivity contribution in [1.82, 2.24) is 0 Å². The molecular formula is C15H24O5Si. The minimum absolute atomic E-state index is 0.0239. The van der Waals surface area contributed by atoms with Crippen molar-refractivity contribution in [1.29, 1.82) is 0 Å². The Bertz CT molecular complexity index is 533. The molecule has 6 heteroatoms. The number of rotatable bonds is 2. The number of carbonyl (C=O) groups excluding carboxylic acids is 1. The van der Waals surface area contributed by atoms with Gasteiger partial charge in [-0.25, -0.2) is 0 Å². The second kappa shape index (κ2) is 4.26. The van der Waals surface area contributed by atoms with Crippen molar-refractivity contribution in [3.05, 3.63) is 10.8 Å². The number of hydrogen-bond donors (Lipinski definition) is 0. The first-order valence-corrected chi connectivity index (χ1v) is 10.9. The molecular weight excluding hydrogens is 288 g/mol. The van der Waals surface area contributed by atoms with Gasteiger partial charge < -0.3 is 18.9 Å². The van der Waals surface area contributed by atoms with Gasteiger partial charge in [0.15, 0.2) is 23.5 Å². The fraction of sp³-hybridized carbons (Fsp3) is 0.800. The van der Waals surface area contributed by atoms with E-state index in [1.54, 1.807) is 7.11 Å². The van der Waals surface area contributed by atoms with Gasteiger partial charge in [0.1, 0.15) is 12.2 Å². The summed E-state index contributed by atoms with van der Waals surface area (Å²) in [6.45, 7) is 12.3. The van der Waals surface area contributed by atoms with Gasteiger partial charge in [-0.3, -0.25) is 4.79 Å². The number of fused-ring (bicyclic) bond motifs is 2. The second-order valence-electron chi connectivity index (χ2n) is 7.56. The predicted molar refractivity (Wildman–Crippen MR) is 79.5 cm³/mol. The van der Waals surface area contributed by atoms with Crippen molar-refractivity contribution in [2.24, 2.45) is 0 Å². The number of ether oxygens (including phenoxy) is 4. The van der Waals surface area contributed by atoms with Crippen molar-refractivity contribution in [3.8, 4) is 0 Å². The first-order chi connectivity index (χ1) is 9.54.